The Bertz CT molecular complexity index is 17.7. The van der Waals surface area contributed by atoms with Gasteiger partial charge in [-0.2, -0.15) is 0 Å². The van der Waals surface area contributed by atoms with E-state index in [-0.39, 0.29) is 129 Å². The molecule has 0 saturated carbocycles. The zero-order chi connectivity index (χ0) is 0. The average molecular weight is 452 g/mol. The Morgan fingerprint density at radius 3 is 1.20 bits per heavy atom. The zero-order valence-corrected chi connectivity index (χ0v) is 15.4. The van der Waals surface area contributed by atoms with Gasteiger partial charge in [-0.1, -0.05) is 0 Å². The van der Waals surface area contributed by atoms with Crippen LogP contribution in [0, 0.1) is 0 Å². The van der Waals surface area contributed by atoms with Gasteiger partial charge in [0, 0.05) is 61.8 Å². The molecule has 0 bridgehead atoms. The molecule has 1 radical (unpaired) electrons. The first-order chi connectivity index (χ1) is 0. The summed E-state index contributed by atoms with van der Waals surface area (Å²) in [6.45, 7) is 0. The van der Waals surface area contributed by atoms with E-state index in [4.69, 9.17) is 0 Å². The smallest absolute Gasteiger partial charge is 1.00 e. The van der Waals surface area contributed by atoms with Gasteiger partial charge in [0.05, 0.1) is 0 Å². The van der Waals surface area contributed by atoms with Gasteiger partial charge in [0.2, 0.25) is 0 Å². The standard InChI is InChI=1S/Bi.Ca.Fe.V.Zr.5H/q;+2;;;;;;;2*-1. The average Bonchev–Trinajstić information content (AvgIpc) is 0. The maximum Gasteiger partial charge on any atom is 2.00 e. The Kier molecular flexibility index (Phi) is 171. The Labute approximate surface area is 126 Å². The molecule has 0 fully saturated rings. The van der Waals surface area contributed by atoms with E-state index >= 15 is 0 Å². The summed E-state index contributed by atoms with van der Waals surface area (Å²) in [5.41, 5.74) is 0. The van der Waals surface area contributed by atoms with Gasteiger partial charge in [-0.05, 0) is 0 Å². The van der Waals surface area contributed by atoms with Crippen LogP contribution in [0.4, 0.5) is 0 Å². The first-order valence-electron chi connectivity index (χ1n) is 0. The van der Waals surface area contributed by atoms with Crippen molar-refractivity contribution in [3.63, 3.8) is 0 Å². The molecule has 0 atom stereocenters. The molecule has 29 valence electrons. The van der Waals surface area contributed by atoms with Crippen LogP contribution < -0.4 is 0 Å². The molecular weight excluding hydrogens is 447 g/mol. The third-order valence-corrected chi connectivity index (χ3v) is 0. The minimum atomic E-state index is 0. The van der Waals surface area contributed by atoms with Crippen molar-refractivity contribution in [1.82, 2.24) is 0 Å². The molecule has 0 aromatic carbocycles. The maximum atomic E-state index is 0. The summed E-state index contributed by atoms with van der Waals surface area (Å²) in [5.74, 6) is 0. The SMILES string of the molecule is [BiH3].[Ca+2].[Fe].[H-].[H-].[V].[Zr]. The summed E-state index contributed by atoms with van der Waals surface area (Å²) in [6.07, 6.45) is 0. The minimum absolute atomic E-state index is 0. The maximum absolute atomic E-state index is 0. The Morgan fingerprint density at radius 1 is 1.20 bits per heavy atom. The molecule has 0 aromatic heterocycles. The molecule has 0 spiro atoms. The van der Waals surface area contributed by atoms with E-state index in [1.54, 1.807) is 0 Å². The fraction of sp³-hybridized carbons (Fsp3) is 0. The van der Waals surface area contributed by atoms with Crippen LogP contribution in [0.25, 0.3) is 0 Å². The molecule has 0 rings (SSSR count). The third-order valence-electron chi connectivity index (χ3n) is 0. The van der Waals surface area contributed by atoms with Gasteiger partial charge in [0.25, 0.3) is 0 Å². The molecule has 0 nitrogen and oxygen atoms in total. The Hall–Kier alpha value is 4.13. The van der Waals surface area contributed by atoms with Crippen LogP contribution in [0.15, 0.2) is 0 Å². The number of rotatable bonds is 0. The van der Waals surface area contributed by atoms with Gasteiger partial charge in [-0.25, -0.2) is 0 Å². The van der Waals surface area contributed by atoms with Crippen molar-refractivity contribution in [1.29, 1.82) is 0 Å². The monoisotopic (exact) mass is 451 g/mol. The second-order valence-corrected chi connectivity index (χ2v) is 0. The van der Waals surface area contributed by atoms with Gasteiger partial charge in [-0.3, -0.25) is 0 Å². The van der Waals surface area contributed by atoms with Gasteiger partial charge < -0.3 is 2.85 Å². The van der Waals surface area contributed by atoms with Crippen LogP contribution >= 0.6 is 0 Å². The summed E-state index contributed by atoms with van der Waals surface area (Å²) in [4.78, 5) is 0. The molecule has 5 heteroatoms. The summed E-state index contributed by atoms with van der Waals surface area (Å²) in [5, 5.41) is 0. The fourth-order valence-corrected chi connectivity index (χ4v) is 0. The quantitative estimate of drug-likeness (QED) is 0.400. The topological polar surface area (TPSA) is 0 Å². The van der Waals surface area contributed by atoms with Crippen molar-refractivity contribution in [3.8, 4) is 0 Å². The summed E-state index contributed by atoms with van der Waals surface area (Å²) in [7, 11) is 0. The van der Waals surface area contributed by atoms with Crippen LogP contribution in [-0.2, 0) is 61.8 Å². The van der Waals surface area contributed by atoms with E-state index in [9.17, 15) is 0 Å². The van der Waals surface area contributed by atoms with Crippen LogP contribution in [0.2, 0.25) is 0 Å². The normalized spacial score (nSPS) is 0. The van der Waals surface area contributed by atoms with Crippen molar-refractivity contribution in [2.45, 2.75) is 0 Å². The molecule has 0 unspecified atom stereocenters. The zero-order valence-electron chi connectivity index (χ0n) is 4.71. The largest absolute Gasteiger partial charge is 2.00 e. The summed E-state index contributed by atoms with van der Waals surface area (Å²) >= 11 is 0. The van der Waals surface area contributed by atoms with Crippen molar-refractivity contribution in [3.05, 3.63) is 0 Å². The first kappa shape index (κ1) is 35.4. The van der Waals surface area contributed by atoms with E-state index in [1.807, 2.05) is 0 Å². The van der Waals surface area contributed by atoms with E-state index in [0.29, 0.717) is 0 Å². The van der Waals surface area contributed by atoms with E-state index in [0.717, 1.165) is 0 Å². The molecule has 0 heterocycles. The predicted octanol–water partition coefficient (Wildman–Crippen LogP) is -1.35. The molecule has 0 aliphatic rings. The molecule has 0 aromatic rings. The number of hydrogen-bond acceptors (Lipinski definition) is 0. The van der Waals surface area contributed by atoms with Crippen molar-refractivity contribution in [2.24, 2.45) is 0 Å². The van der Waals surface area contributed by atoms with Crippen molar-refractivity contribution < 1.29 is 64.7 Å². The van der Waals surface area contributed by atoms with E-state index < -0.39 is 0 Å². The summed E-state index contributed by atoms with van der Waals surface area (Å²) < 4.78 is 0. The Balaban J connectivity index is 0. The van der Waals surface area contributed by atoms with Crippen LogP contribution in [0.5, 0.6) is 0 Å². The van der Waals surface area contributed by atoms with Crippen LogP contribution in [0.3, 0.4) is 0 Å². The van der Waals surface area contributed by atoms with E-state index in [1.165, 1.54) is 0 Å². The van der Waals surface area contributed by atoms with Crippen LogP contribution in [-0.4, -0.2) is 63.9 Å². The molecule has 0 saturated heterocycles. The minimum Gasteiger partial charge on any atom is -1.00 e. The van der Waals surface area contributed by atoms with Crippen molar-refractivity contribution >= 4 is 63.9 Å². The molecule has 0 N–H and O–H groups in total. The molecule has 0 aliphatic carbocycles. The molecule has 0 amide bonds. The van der Waals surface area contributed by atoms with E-state index in [2.05, 4.69) is 0 Å². The van der Waals surface area contributed by atoms with Crippen LogP contribution in [0.1, 0.15) is 2.85 Å². The first-order valence-corrected chi connectivity index (χ1v) is 0. The molecule has 0 aliphatic heterocycles. The van der Waals surface area contributed by atoms with Gasteiger partial charge >= 0.3 is 63.9 Å². The number of hydrogen-bond donors (Lipinski definition) is 0. The molecule has 5 heavy (non-hydrogen) atoms. The van der Waals surface area contributed by atoms with Crippen molar-refractivity contribution in [2.75, 3.05) is 0 Å². The van der Waals surface area contributed by atoms with Gasteiger partial charge in [-0.15, -0.1) is 0 Å². The second-order valence-electron chi connectivity index (χ2n) is 0. The Morgan fingerprint density at radius 2 is 1.20 bits per heavy atom. The van der Waals surface area contributed by atoms with Gasteiger partial charge in [0.1, 0.15) is 0 Å². The predicted molar refractivity (Wildman–Crippen MR) is 17.9 cm³/mol. The second kappa shape index (κ2) is 24.2. The summed E-state index contributed by atoms with van der Waals surface area (Å²) in [6, 6.07) is 0. The fourth-order valence-electron chi connectivity index (χ4n) is 0. The third kappa shape index (κ3) is 17.9. The van der Waals surface area contributed by atoms with Gasteiger partial charge in [0.15, 0.2) is 0 Å². The molecular formula is H5BiCaFeVZr.